The number of halogens is 2. The fraction of sp³-hybridized carbons (Fsp3) is 0.222. The van der Waals surface area contributed by atoms with Gasteiger partial charge < -0.3 is 4.74 Å². The van der Waals surface area contributed by atoms with Gasteiger partial charge in [0.2, 0.25) is 5.82 Å². The summed E-state index contributed by atoms with van der Waals surface area (Å²) in [5.41, 5.74) is 0. The molecule has 1 aromatic rings. The van der Waals surface area contributed by atoms with E-state index in [9.17, 15) is 8.78 Å². The Morgan fingerprint density at radius 3 is 2.75 bits per heavy atom. The van der Waals surface area contributed by atoms with E-state index in [1.165, 1.54) is 12.1 Å². The molecule has 1 radical (unpaired) electrons. The van der Waals surface area contributed by atoms with Gasteiger partial charge in [-0.2, -0.15) is 4.39 Å². The molecule has 0 unspecified atom stereocenters. The second-order valence-electron chi connectivity index (χ2n) is 2.25. The Labute approximate surface area is 70.0 Å². The summed E-state index contributed by atoms with van der Waals surface area (Å²) < 4.78 is 30.2. The molecular formula is C9H9F2O. The molecule has 0 saturated heterocycles. The third kappa shape index (κ3) is 1.94. The lowest BCUT2D eigenvalue weighted by Crippen LogP contribution is -1.98. The number of benzene rings is 1. The maximum Gasteiger partial charge on any atom is 0.200 e. The van der Waals surface area contributed by atoms with E-state index in [0.717, 1.165) is 6.07 Å². The first-order valence-corrected chi connectivity index (χ1v) is 3.61. The molecule has 0 amide bonds. The van der Waals surface area contributed by atoms with Crippen LogP contribution in [0, 0.1) is 18.6 Å². The monoisotopic (exact) mass is 171 g/mol. The number of rotatable bonds is 3. The molecule has 1 nitrogen and oxygen atoms in total. The van der Waals surface area contributed by atoms with Crippen LogP contribution in [0.5, 0.6) is 5.75 Å². The molecule has 0 fully saturated rings. The van der Waals surface area contributed by atoms with Crippen LogP contribution in [0.4, 0.5) is 8.78 Å². The number of hydrogen-bond acceptors (Lipinski definition) is 1. The first kappa shape index (κ1) is 8.97. The van der Waals surface area contributed by atoms with Gasteiger partial charge in [-0.05, 0) is 25.5 Å². The fourth-order valence-corrected chi connectivity index (χ4v) is 0.778. The topological polar surface area (TPSA) is 9.23 Å². The third-order valence-corrected chi connectivity index (χ3v) is 1.32. The van der Waals surface area contributed by atoms with Gasteiger partial charge in [0.05, 0.1) is 6.61 Å². The normalized spacial score (nSPS) is 9.92. The van der Waals surface area contributed by atoms with Crippen LogP contribution in [0.2, 0.25) is 0 Å². The lowest BCUT2D eigenvalue weighted by atomic mass is 10.3. The van der Waals surface area contributed by atoms with Crippen molar-refractivity contribution in [3.8, 4) is 5.75 Å². The van der Waals surface area contributed by atoms with Gasteiger partial charge >= 0.3 is 0 Å². The second-order valence-corrected chi connectivity index (χ2v) is 2.25. The van der Waals surface area contributed by atoms with Crippen molar-refractivity contribution < 1.29 is 13.5 Å². The second kappa shape index (κ2) is 4.04. The van der Waals surface area contributed by atoms with Gasteiger partial charge in [-0.1, -0.05) is 6.07 Å². The molecule has 0 N–H and O–H groups in total. The van der Waals surface area contributed by atoms with Crippen LogP contribution in [0.3, 0.4) is 0 Å². The van der Waals surface area contributed by atoms with E-state index in [1.54, 1.807) is 0 Å². The summed E-state index contributed by atoms with van der Waals surface area (Å²) in [5, 5.41) is 0. The predicted molar refractivity (Wildman–Crippen MR) is 41.8 cm³/mol. The quantitative estimate of drug-likeness (QED) is 0.679. The Kier molecular flexibility index (Phi) is 3.02. The standard InChI is InChI=1S/C9H9F2O/c1-2-6-12-8-5-3-4-7(10)9(8)11/h3-5H,1-2,6H2. The maximum absolute atomic E-state index is 12.8. The van der Waals surface area contributed by atoms with E-state index >= 15 is 0 Å². The minimum Gasteiger partial charge on any atom is -0.490 e. The van der Waals surface area contributed by atoms with Crippen molar-refractivity contribution in [1.29, 1.82) is 0 Å². The molecule has 0 aliphatic rings. The summed E-state index contributed by atoms with van der Waals surface area (Å²) in [6.45, 7) is 3.80. The van der Waals surface area contributed by atoms with Crippen molar-refractivity contribution in [1.82, 2.24) is 0 Å². The minimum atomic E-state index is -0.939. The average Bonchev–Trinajstić information content (AvgIpc) is 2.08. The van der Waals surface area contributed by atoms with Gasteiger partial charge in [0.1, 0.15) is 0 Å². The maximum atomic E-state index is 12.8. The molecule has 0 aromatic heterocycles. The third-order valence-electron chi connectivity index (χ3n) is 1.32. The van der Waals surface area contributed by atoms with E-state index in [4.69, 9.17) is 4.74 Å². The van der Waals surface area contributed by atoms with Crippen molar-refractivity contribution in [2.24, 2.45) is 0 Å². The molecule has 3 heteroatoms. The smallest absolute Gasteiger partial charge is 0.200 e. The van der Waals surface area contributed by atoms with Crippen molar-refractivity contribution in [3.05, 3.63) is 36.8 Å². The molecule has 0 bridgehead atoms. The summed E-state index contributed by atoms with van der Waals surface area (Å²) in [4.78, 5) is 0. The molecule has 65 valence electrons. The molecule has 0 heterocycles. The molecule has 12 heavy (non-hydrogen) atoms. The van der Waals surface area contributed by atoms with Gasteiger partial charge in [-0.25, -0.2) is 4.39 Å². The number of hydrogen-bond donors (Lipinski definition) is 0. The molecular weight excluding hydrogens is 162 g/mol. The highest BCUT2D eigenvalue weighted by Crippen LogP contribution is 2.18. The molecule has 0 saturated carbocycles. The Balaban J connectivity index is 2.78. The molecule has 0 aliphatic carbocycles. The lowest BCUT2D eigenvalue weighted by molar-refractivity contribution is 0.301. The molecule has 0 atom stereocenters. The number of ether oxygens (including phenoxy) is 1. The Morgan fingerprint density at radius 2 is 2.08 bits per heavy atom. The van der Waals surface area contributed by atoms with Crippen LogP contribution < -0.4 is 4.74 Å². The van der Waals surface area contributed by atoms with Crippen LogP contribution in [-0.4, -0.2) is 6.61 Å². The summed E-state index contributed by atoms with van der Waals surface area (Å²) in [5.74, 6) is -1.89. The first-order chi connectivity index (χ1) is 5.75. The molecule has 1 rings (SSSR count). The SMILES string of the molecule is [CH2]CCOc1cccc(F)c1F. The summed E-state index contributed by atoms with van der Waals surface area (Å²) >= 11 is 0. The molecule has 0 aliphatic heterocycles. The van der Waals surface area contributed by atoms with E-state index in [2.05, 4.69) is 6.92 Å². The average molecular weight is 171 g/mol. The van der Waals surface area contributed by atoms with Crippen molar-refractivity contribution >= 4 is 0 Å². The first-order valence-electron chi connectivity index (χ1n) is 3.61. The van der Waals surface area contributed by atoms with E-state index in [0.29, 0.717) is 13.0 Å². The zero-order chi connectivity index (χ0) is 8.97. The van der Waals surface area contributed by atoms with Gasteiger partial charge in [-0.15, -0.1) is 0 Å². The Morgan fingerprint density at radius 1 is 1.33 bits per heavy atom. The highest BCUT2D eigenvalue weighted by molar-refractivity contribution is 5.24. The summed E-state index contributed by atoms with van der Waals surface area (Å²) in [6.07, 6.45) is 0.524. The highest BCUT2D eigenvalue weighted by Gasteiger charge is 2.07. The summed E-state index contributed by atoms with van der Waals surface area (Å²) in [7, 11) is 0. The van der Waals surface area contributed by atoms with Crippen LogP contribution in [-0.2, 0) is 0 Å². The zero-order valence-electron chi connectivity index (χ0n) is 6.52. The van der Waals surface area contributed by atoms with Gasteiger partial charge in [0.25, 0.3) is 0 Å². The van der Waals surface area contributed by atoms with Crippen LogP contribution in [0.1, 0.15) is 6.42 Å². The Hall–Kier alpha value is -1.12. The van der Waals surface area contributed by atoms with Crippen LogP contribution >= 0.6 is 0 Å². The minimum absolute atomic E-state index is 0.0568. The van der Waals surface area contributed by atoms with Crippen molar-refractivity contribution in [3.63, 3.8) is 0 Å². The lowest BCUT2D eigenvalue weighted by Gasteiger charge is -2.04. The van der Waals surface area contributed by atoms with Gasteiger partial charge in [-0.3, -0.25) is 0 Å². The predicted octanol–water partition coefficient (Wildman–Crippen LogP) is 2.57. The van der Waals surface area contributed by atoms with Crippen molar-refractivity contribution in [2.75, 3.05) is 6.61 Å². The summed E-state index contributed by atoms with van der Waals surface area (Å²) in [6, 6.07) is 3.83. The molecule has 0 spiro atoms. The van der Waals surface area contributed by atoms with Crippen LogP contribution in [0.25, 0.3) is 0 Å². The van der Waals surface area contributed by atoms with Gasteiger partial charge in [0, 0.05) is 0 Å². The highest BCUT2D eigenvalue weighted by atomic mass is 19.2. The van der Waals surface area contributed by atoms with Crippen LogP contribution in [0.15, 0.2) is 18.2 Å². The van der Waals surface area contributed by atoms with Crippen molar-refractivity contribution in [2.45, 2.75) is 6.42 Å². The molecule has 1 aromatic carbocycles. The zero-order valence-corrected chi connectivity index (χ0v) is 6.52. The van der Waals surface area contributed by atoms with Gasteiger partial charge in [0.15, 0.2) is 11.6 Å². The Bertz CT molecular complexity index is 261. The fourth-order valence-electron chi connectivity index (χ4n) is 0.778. The largest absolute Gasteiger partial charge is 0.490 e. The van der Waals surface area contributed by atoms with E-state index in [1.807, 2.05) is 0 Å². The van der Waals surface area contributed by atoms with E-state index in [-0.39, 0.29) is 5.75 Å². The van der Waals surface area contributed by atoms with E-state index < -0.39 is 11.6 Å².